The van der Waals surface area contributed by atoms with Gasteiger partial charge in [-0.15, -0.1) is 11.3 Å². The Bertz CT molecular complexity index is 940. The largest absolute Gasteiger partial charge is 0.497 e. The maximum absolute atomic E-state index is 12.7. The van der Waals surface area contributed by atoms with Crippen LogP contribution in [0.5, 0.6) is 11.5 Å². The number of amides is 1. The number of hydrogen-bond acceptors (Lipinski definition) is 5. The van der Waals surface area contributed by atoms with Gasteiger partial charge in [-0.05, 0) is 30.2 Å². The molecule has 3 aromatic rings. The van der Waals surface area contributed by atoms with Crippen LogP contribution in [-0.4, -0.2) is 24.6 Å². The minimum absolute atomic E-state index is 0.00381. The second-order valence-corrected chi connectivity index (χ2v) is 7.33. The van der Waals surface area contributed by atoms with Crippen LogP contribution in [0.15, 0.2) is 54.0 Å². The van der Waals surface area contributed by atoms with E-state index in [1.165, 1.54) is 0 Å². The molecule has 1 atom stereocenters. The highest BCUT2D eigenvalue weighted by molar-refractivity contribution is 7.10. The minimum atomic E-state index is -0.210. The molecule has 138 valence electrons. The molecule has 5 nitrogen and oxygen atoms in total. The number of nitrogens with zero attached hydrogens (tertiary/aromatic N) is 1. The first kappa shape index (κ1) is 17.5. The van der Waals surface area contributed by atoms with E-state index in [-0.39, 0.29) is 11.8 Å². The molecule has 1 unspecified atom stereocenters. The Morgan fingerprint density at radius 3 is 2.96 bits per heavy atom. The van der Waals surface area contributed by atoms with Crippen LogP contribution >= 0.6 is 11.3 Å². The number of hydrogen-bond donors (Lipinski definition) is 1. The summed E-state index contributed by atoms with van der Waals surface area (Å²) in [7, 11) is 1.63. The number of rotatable bonds is 5. The third-order valence-electron chi connectivity index (χ3n) is 4.66. The van der Waals surface area contributed by atoms with E-state index in [1.54, 1.807) is 18.4 Å². The maximum Gasteiger partial charge on any atom is 0.227 e. The summed E-state index contributed by atoms with van der Waals surface area (Å²) in [5, 5.41) is 3.04. The number of thiazole rings is 1. The number of methoxy groups -OCH3 is 1. The molecule has 4 rings (SSSR count). The van der Waals surface area contributed by atoms with Gasteiger partial charge in [-0.1, -0.05) is 30.3 Å². The van der Waals surface area contributed by atoms with Crippen molar-refractivity contribution in [3.63, 3.8) is 0 Å². The van der Waals surface area contributed by atoms with Crippen LogP contribution in [0.1, 0.15) is 10.4 Å². The summed E-state index contributed by atoms with van der Waals surface area (Å²) in [4.78, 5) is 18.2. The van der Waals surface area contributed by atoms with Crippen LogP contribution in [0.25, 0.3) is 11.3 Å². The van der Waals surface area contributed by atoms with E-state index in [2.05, 4.69) is 10.3 Å². The van der Waals surface area contributed by atoms with Gasteiger partial charge in [0.25, 0.3) is 0 Å². The molecule has 1 aliphatic heterocycles. The Morgan fingerprint density at radius 2 is 2.15 bits per heavy atom. The van der Waals surface area contributed by atoms with Crippen LogP contribution in [0, 0.1) is 5.92 Å². The highest BCUT2D eigenvalue weighted by atomic mass is 32.1. The smallest absolute Gasteiger partial charge is 0.227 e. The van der Waals surface area contributed by atoms with Gasteiger partial charge in [0.1, 0.15) is 18.1 Å². The monoisotopic (exact) mass is 380 g/mol. The van der Waals surface area contributed by atoms with Gasteiger partial charge in [0, 0.05) is 5.56 Å². The molecule has 1 aliphatic rings. The predicted molar refractivity (Wildman–Crippen MR) is 105 cm³/mol. The molecule has 0 fully saturated rings. The molecule has 0 bridgehead atoms. The lowest BCUT2D eigenvalue weighted by Gasteiger charge is -2.25. The third-order valence-corrected chi connectivity index (χ3v) is 5.49. The standard InChI is InChI=1S/C21H20N2O3S/c1-25-17-7-8-18-15(10-17)9-16(12-26-18)21(24)22-11-19-20(23-13-27-19)14-5-3-2-4-6-14/h2-8,10,13,16H,9,11-12H2,1H3,(H,22,24). The lowest BCUT2D eigenvalue weighted by molar-refractivity contribution is -0.126. The Labute approximate surface area is 162 Å². The van der Waals surface area contributed by atoms with Crippen LogP contribution in [0.2, 0.25) is 0 Å². The number of ether oxygens (including phenoxy) is 2. The molecule has 0 saturated heterocycles. The second kappa shape index (κ2) is 7.80. The van der Waals surface area contributed by atoms with E-state index in [0.717, 1.165) is 33.2 Å². The fourth-order valence-electron chi connectivity index (χ4n) is 3.21. The van der Waals surface area contributed by atoms with Crippen molar-refractivity contribution in [2.45, 2.75) is 13.0 Å². The van der Waals surface area contributed by atoms with Crippen molar-refractivity contribution >= 4 is 17.2 Å². The van der Waals surface area contributed by atoms with Gasteiger partial charge in [0.05, 0.1) is 35.7 Å². The van der Waals surface area contributed by atoms with Crippen molar-refractivity contribution in [1.82, 2.24) is 10.3 Å². The number of nitrogens with one attached hydrogen (secondary N) is 1. The molecule has 1 N–H and O–H groups in total. The van der Waals surface area contributed by atoms with Gasteiger partial charge in [-0.2, -0.15) is 0 Å². The van der Waals surface area contributed by atoms with Gasteiger partial charge < -0.3 is 14.8 Å². The Kier molecular flexibility index (Phi) is 5.07. The summed E-state index contributed by atoms with van der Waals surface area (Å²) in [6.07, 6.45) is 0.645. The molecular weight excluding hydrogens is 360 g/mol. The molecule has 0 spiro atoms. The van der Waals surface area contributed by atoms with Gasteiger partial charge in [0.2, 0.25) is 5.91 Å². The first-order valence-corrected chi connectivity index (χ1v) is 9.68. The van der Waals surface area contributed by atoms with Gasteiger partial charge in [0.15, 0.2) is 0 Å². The maximum atomic E-state index is 12.7. The summed E-state index contributed by atoms with van der Waals surface area (Å²) >= 11 is 1.55. The Balaban J connectivity index is 1.41. The lowest BCUT2D eigenvalue weighted by atomic mass is 9.96. The first-order chi connectivity index (χ1) is 13.2. The van der Waals surface area contributed by atoms with Crippen molar-refractivity contribution in [1.29, 1.82) is 0 Å². The highest BCUT2D eigenvalue weighted by Gasteiger charge is 2.26. The van der Waals surface area contributed by atoms with Crippen molar-refractivity contribution < 1.29 is 14.3 Å². The summed E-state index contributed by atoms with van der Waals surface area (Å²) in [5.74, 6) is 1.39. The van der Waals surface area contributed by atoms with E-state index in [9.17, 15) is 4.79 Å². The van der Waals surface area contributed by atoms with E-state index in [1.807, 2.05) is 54.0 Å². The molecule has 1 aromatic heterocycles. The summed E-state index contributed by atoms with van der Waals surface area (Å²) in [6, 6.07) is 15.7. The zero-order valence-corrected chi connectivity index (χ0v) is 15.8. The fraction of sp³-hybridized carbons (Fsp3) is 0.238. The average molecular weight is 380 g/mol. The quantitative estimate of drug-likeness (QED) is 0.733. The molecule has 6 heteroatoms. The van der Waals surface area contributed by atoms with Gasteiger partial charge >= 0.3 is 0 Å². The van der Waals surface area contributed by atoms with E-state index in [0.29, 0.717) is 19.6 Å². The van der Waals surface area contributed by atoms with Crippen LogP contribution in [0.4, 0.5) is 0 Å². The van der Waals surface area contributed by atoms with Crippen molar-refractivity contribution in [2.75, 3.05) is 13.7 Å². The Hall–Kier alpha value is -2.86. The molecule has 0 saturated carbocycles. The van der Waals surface area contributed by atoms with Crippen LogP contribution < -0.4 is 14.8 Å². The lowest BCUT2D eigenvalue weighted by Crippen LogP contribution is -2.37. The topological polar surface area (TPSA) is 60.5 Å². The van der Waals surface area contributed by atoms with Crippen molar-refractivity contribution in [3.8, 4) is 22.8 Å². The number of benzene rings is 2. The number of carbonyl (C=O) groups is 1. The van der Waals surface area contributed by atoms with Crippen LogP contribution in [0.3, 0.4) is 0 Å². The second-order valence-electron chi connectivity index (χ2n) is 6.39. The zero-order valence-electron chi connectivity index (χ0n) is 15.0. The molecule has 1 amide bonds. The number of aromatic nitrogens is 1. The zero-order chi connectivity index (χ0) is 18.6. The molecule has 0 radical (unpaired) electrons. The summed E-state index contributed by atoms with van der Waals surface area (Å²) in [6.45, 7) is 0.856. The molecule has 2 aromatic carbocycles. The van der Waals surface area contributed by atoms with Gasteiger partial charge in [-0.3, -0.25) is 4.79 Å². The Morgan fingerprint density at radius 1 is 1.30 bits per heavy atom. The molecular formula is C21H20N2O3S. The van der Waals surface area contributed by atoms with E-state index in [4.69, 9.17) is 9.47 Å². The normalized spacial score (nSPS) is 15.5. The molecule has 27 heavy (non-hydrogen) atoms. The highest BCUT2D eigenvalue weighted by Crippen LogP contribution is 2.31. The van der Waals surface area contributed by atoms with Crippen molar-refractivity contribution in [2.24, 2.45) is 5.92 Å². The first-order valence-electron chi connectivity index (χ1n) is 8.80. The van der Waals surface area contributed by atoms with Crippen LogP contribution in [-0.2, 0) is 17.8 Å². The average Bonchev–Trinajstić information content (AvgIpc) is 3.20. The number of fused-ring (bicyclic) bond motifs is 1. The minimum Gasteiger partial charge on any atom is -0.497 e. The molecule has 0 aliphatic carbocycles. The summed E-state index contributed by atoms with van der Waals surface area (Å²) in [5.41, 5.74) is 4.81. The van der Waals surface area contributed by atoms with Crippen molar-refractivity contribution in [3.05, 3.63) is 64.5 Å². The van der Waals surface area contributed by atoms with E-state index < -0.39 is 0 Å². The fourth-order valence-corrected chi connectivity index (χ4v) is 3.93. The summed E-state index contributed by atoms with van der Waals surface area (Å²) < 4.78 is 11.0. The van der Waals surface area contributed by atoms with E-state index >= 15 is 0 Å². The number of carbonyl (C=O) groups excluding carboxylic acids is 1. The third kappa shape index (κ3) is 3.80. The predicted octanol–water partition coefficient (Wildman–Crippen LogP) is 3.69. The molecule has 2 heterocycles. The van der Waals surface area contributed by atoms with Gasteiger partial charge in [-0.25, -0.2) is 4.98 Å². The SMILES string of the molecule is COc1ccc2c(c1)CC(C(=O)NCc1scnc1-c1ccccc1)CO2.